The molecule has 1 aromatic carbocycles. The van der Waals surface area contributed by atoms with Gasteiger partial charge in [0.2, 0.25) is 5.91 Å². The van der Waals surface area contributed by atoms with Gasteiger partial charge in [0.1, 0.15) is 10.9 Å². The fourth-order valence-corrected chi connectivity index (χ4v) is 5.80. The van der Waals surface area contributed by atoms with Gasteiger partial charge in [-0.15, -0.1) is 0 Å². The summed E-state index contributed by atoms with van der Waals surface area (Å²) in [5.41, 5.74) is 0.711. The molecule has 0 bridgehead atoms. The number of benzene rings is 1. The van der Waals surface area contributed by atoms with Crippen molar-refractivity contribution in [2.75, 3.05) is 18.8 Å². The topological polar surface area (TPSA) is 88.1 Å². The monoisotopic (exact) mass is 476 g/mol. The van der Waals surface area contributed by atoms with Crippen LogP contribution in [0.3, 0.4) is 0 Å². The molecule has 172 valence electrons. The Kier molecular flexibility index (Phi) is 6.90. The van der Waals surface area contributed by atoms with E-state index in [1.165, 1.54) is 0 Å². The van der Waals surface area contributed by atoms with Crippen LogP contribution >= 0.6 is 11.6 Å². The number of carbonyl (C=O) groups is 1. The molecule has 0 saturated carbocycles. The third kappa shape index (κ3) is 5.18. The number of H-pyrrole nitrogens is 1. The molecule has 0 atom stereocenters. The molecule has 2 aromatic heterocycles. The number of nitrogens with zero attached hydrogens (tertiary/aromatic N) is 3. The van der Waals surface area contributed by atoms with Crippen molar-refractivity contribution >= 4 is 38.2 Å². The number of nitrogens with one attached hydrogen (secondary N) is 1. The minimum atomic E-state index is -3.57. The van der Waals surface area contributed by atoms with Gasteiger partial charge >= 0.3 is 0 Å². The molecule has 0 unspecified atom stereocenters. The van der Waals surface area contributed by atoms with Gasteiger partial charge in [0.15, 0.2) is 9.84 Å². The van der Waals surface area contributed by atoms with Gasteiger partial charge in [-0.05, 0) is 49.4 Å². The Morgan fingerprint density at radius 1 is 1.25 bits per heavy atom. The summed E-state index contributed by atoms with van der Waals surface area (Å²) in [6, 6.07) is 6.76. The van der Waals surface area contributed by atoms with Crippen LogP contribution in [0, 0.1) is 5.92 Å². The quantitative estimate of drug-likeness (QED) is 0.530. The number of carbonyl (C=O) groups excluding carboxylic acids is 1. The average Bonchev–Trinajstić information content (AvgIpc) is 3.43. The fourth-order valence-electron chi connectivity index (χ4n) is 4.38. The lowest BCUT2D eigenvalue weighted by molar-refractivity contribution is -0.132. The lowest BCUT2D eigenvalue weighted by atomic mass is 9.93. The summed E-state index contributed by atoms with van der Waals surface area (Å²) in [5, 5.41) is 1.42. The Bertz CT molecular complexity index is 1190. The van der Waals surface area contributed by atoms with E-state index in [2.05, 4.69) is 21.5 Å². The first-order chi connectivity index (χ1) is 15.4. The number of imidazole rings is 1. The molecule has 1 aliphatic rings. The molecule has 0 aliphatic carbocycles. The third-order valence-corrected chi connectivity index (χ3v) is 8.21. The average molecular weight is 477 g/mol. The lowest BCUT2D eigenvalue weighted by Crippen LogP contribution is -2.39. The molecule has 1 aliphatic heterocycles. The first kappa shape index (κ1) is 22.9. The number of aryl methyl sites for hydroxylation is 2. The maximum absolute atomic E-state index is 12.7. The van der Waals surface area contributed by atoms with E-state index in [4.69, 9.17) is 11.6 Å². The van der Waals surface area contributed by atoms with Crippen molar-refractivity contribution in [1.82, 2.24) is 19.4 Å². The molecule has 9 heteroatoms. The second-order valence-electron chi connectivity index (χ2n) is 8.44. The van der Waals surface area contributed by atoms with Crippen LogP contribution in [0.5, 0.6) is 0 Å². The second kappa shape index (κ2) is 9.67. The van der Waals surface area contributed by atoms with Gasteiger partial charge in [0.25, 0.3) is 0 Å². The van der Waals surface area contributed by atoms with Crippen LogP contribution in [0.4, 0.5) is 0 Å². The zero-order valence-electron chi connectivity index (χ0n) is 18.3. The molecule has 7 nitrogen and oxygen atoms in total. The van der Waals surface area contributed by atoms with E-state index >= 15 is 0 Å². The maximum atomic E-state index is 12.7. The van der Waals surface area contributed by atoms with Gasteiger partial charge in [0.05, 0.1) is 5.75 Å². The number of hydrogen-bond donors (Lipinski definition) is 1. The zero-order chi connectivity index (χ0) is 22.7. The highest BCUT2D eigenvalue weighted by Crippen LogP contribution is 2.25. The van der Waals surface area contributed by atoms with Crippen molar-refractivity contribution in [3.8, 4) is 0 Å². The maximum Gasteiger partial charge on any atom is 0.223 e. The number of sulfone groups is 1. The summed E-state index contributed by atoms with van der Waals surface area (Å²) in [4.78, 5) is 21.8. The Morgan fingerprint density at radius 2 is 2.03 bits per heavy atom. The molecule has 4 rings (SSSR count). The Labute approximate surface area is 193 Å². The number of fused-ring (bicyclic) bond motifs is 1. The SMILES string of the molecule is CCc1nccn1CCC1CCN(C(=O)CCS(=O)(=O)c2cc3cc(Cl)ccc3[nH]2)CC1. The zero-order valence-corrected chi connectivity index (χ0v) is 19.8. The predicted molar refractivity (Wildman–Crippen MR) is 126 cm³/mol. The van der Waals surface area contributed by atoms with E-state index in [1.54, 1.807) is 24.3 Å². The van der Waals surface area contributed by atoms with E-state index < -0.39 is 9.84 Å². The van der Waals surface area contributed by atoms with Gasteiger partial charge in [-0.2, -0.15) is 0 Å². The summed E-state index contributed by atoms with van der Waals surface area (Å²) in [7, 11) is -3.57. The predicted octanol–water partition coefficient (Wildman–Crippen LogP) is 4.07. The molecule has 1 amide bonds. The van der Waals surface area contributed by atoms with Gasteiger partial charge < -0.3 is 14.5 Å². The van der Waals surface area contributed by atoms with Crippen LogP contribution in [0.1, 0.15) is 38.4 Å². The highest BCUT2D eigenvalue weighted by Gasteiger charge is 2.25. The van der Waals surface area contributed by atoms with Crippen LogP contribution in [-0.2, 0) is 27.6 Å². The highest BCUT2D eigenvalue weighted by atomic mass is 35.5. The highest BCUT2D eigenvalue weighted by molar-refractivity contribution is 7.91. The van der Waals surface area contributed by atoms with Crippen LogP contribution in [0.25, 0.3) is 10.9 Å². The Hall–Kier alpha value is -2.32. The van der Waals surface area contributed by atoms with Crippen LogP contribution < -0.4 is 0 Å². The van der Waals surface area contributed by atoms with Gasteiger partial charge in [-0.3, -0.25) is 4.79 Å². The van der Waals surface area contributed by atoms with Crippen molar-refractivity contribution < 1.29 is 13.2 Å². The summed E-state index contributed by atoms with van der Waals surface area (Å²) in [5.74, 6) is 1.39. The van der Waals surface area contributed by atoms with Gasteiger partial charge in [-0.25, -0.2) is 13.4 Å². The van der Waals surface area contributed by atoms with E-state index in [9.17, 15) is 13.2 Å². The second-order valence-corrected chi connectivity index (χ2v) is 11.0. The minimum Gasteiger partial charge on any atom is -0.346 e. The number of piperidine rings is 1. The molecule has 3 aromatic rings. The summed E-state index contributed by atoms with van der Waals surface area (Å²) in [6.45, 7) is 4.45. The number of hydrogen-bond acceptors (Lipinski definition) is 4. The molecule has 1 saturated heterocycles. The Balaban J connectivity index is 1.26. The van der Waals surface area contributed by atoms with Gasteiger partial charge in [-0.1, -0.05) is 18.5 Å². The number of halogens is 1. The number of rotatable bonds is 8. The summed E-state index contributed by atoms with van der Waals surface area (Å²) < 4.78 is 27.7. The first-order valence-electron chi connectivity index (χ1n) is 11.1. The Morgan fingerprint density at radius 3 is 2.78 bits per heavy atom. The van der Waals surface area contributed by atoms with E-state index in [-0.39, 0.29) is 23.1 Å². The largest absolute Gasteiger partial charge is 0.346 e. The van der Waals surface area contributed by atoms with Crippen molar-refractivity contribution in [2.24, 2.45) is 5.92 Å². The van der Waals surface area contributed by atoms with Gasteiger partial charge in [0, 0.05) is 60.8 Å². The van der Waals surface area contributed by atoms with E-state index in [0.717, 1.165) is 43.4 Å². The molecule has 32 heavy (non-hydrogen) atoms. The molecule has 1 N–H and O–H groups in total. The fraction of sp³-hybridized carbons (Fsp3) is 0.478. The summed E-state index contributed by atoms with van der Waals surface area (Å²) in [6.07, 6.45) is 7.78. The van der Waals surface area contributed by atoms with Crippen LogP contribution in [0.2, 0.25) is 5.02 Å². The third-order valence-electron chi connectivity index (χ3n) is 6.34. The number of aromatic amines is 1. The van der Waals surface area contributed by atoms with Crippen molar-refractivity contribution in [1.29, 1.82) is 0 Å². The van der Waals surface area contributed by atoms with Crippen LogP contribution in [-0.4, -0.2) is 52.6 Å². The smallest absolute Gasteiger partial charge is 0.223 e. The normalized spacial score (nSPS) is 15.5. The number of aromatic nitrogens is 3. The standard InChI is InChI=1S/C23H29ClN4O3S/c1-2-21-25-9-13-27(21)10-5-17-6-11-28(12-7-17)23(29)8-14-32(30,31)22-16-18-15-19(24)3-4-20(18)26-22/h3-4,9,13,15-17,26H,2,5-8,10-12,14H2,1H3. The van der Waals surface area contributed by atoms with E-state index in [1.807, 2.05) is 17.3 Å². The molecule has 1 fully saturated rings. The molecular formula is C23H29ClN4O3S. The summed E-state index contributed by atoms with van der Waals surface area (Å²) >= 11 is 5.98. The molecular weight excluding hydrogens is 448 g/mol. The molecule has 3 heterocycles. The van der Waals surface area contributed by atoms with Crippen LogP contribution in [0.15, 0.2) is 41.7 Å². The lowest BCUT2D eigenvalue weighted by Gasteiger charge is -2.32. The number of amides is 1. The first-order valence-corrected chi connectivity index (χ1v) is 13.2. The van der Waals surface area contributed by atoms with E-state index in [0.29, 0.717) is 29.5 Å². The minimum absolute atomic E-state index is 0.00197. The molecule has 0 radical (unpaired) electrons. The number of likely N-dealkylation sites (tertiary alicyclic amines) is 1. The van der Waals surface area contributed by atoms with Crippen molar-refractivity contribution in [3.05, 3.63) is 47.5 Å². The van der Waals surface area contributed by atoms with Crippen molar-refractivity contribution in [3.63, 3.8) is 0 Å². The molecule has 0 spiro atoms. The van der Waals surface area contributed by atoms with Crippen molar-refractivity contribution in [2.45, 2.75) is 50.6 Å².